The highest BCUT2D eigenvalue weighted by Gasteiger charge is 2.21. The van der Waals surface area contributed by atoms with Crippen molar-refractivity contribution in [1.82, 2.24) is 20.5 Å². The van der Waals surface area contributed by atoms with E-state index >= 15 is 0 Å². The maximum Gasteiger partial charge on any atom is 0.224 e. The van der Waals surface area contributed by atoms with Crippen LogP contribution in [0.1, 0.15) is 23.2 Å². The number of rotatable bonds is 7. The molecule has 31 heavy (non-hydrogen) atoms. The molecule has 1 aromatic carbocycles. The third-order valence-electron chi connectivity index (χ3n) is 4.84. The molecule has 1 saturated heterocycles. The van der Waals surface area contributed by atoms with Crippen molar-refractivity contribution < 1.29 is 9.18 Å². The van der Waals surface area contributed by atoms with Gasteiger partial charge in [-0.15, -0.1) is 35.3 Å². The van der Waals surface area contributed by atoms with E-state index in [9.17, 15) is 9.18 Å². The average molecular weight is 560 g/mol. The van der Waals surface area contributed by atoms with Crippen LogP contribution in [-0.4, -0.2) is 61.0 Å². The Balaban J connectivity index is 0.00000341. The molecule has 1 amide bonds. The van der Waals surface area contributed by atoms with Gasteiger partial charge in [0.15, 0.2) is 5.96 Å². The Morgan fingerprint density at radius 2 is 1.90 bits per heavy atom. The van der Waals surface area contributed by atoms with Crippen LogP contribution in [0.2, 0.25) is 0 Å². The number of aryl methyl sites for hydroxylation is 1. The van der Waals surface area contributed by atoms with E-state index in [2.05, 4.69) is 25.5 Å². The molecule has 10 heteroatoms. The summed E-state index contributed by atoms with van der Waals surface area (Å²) >= 11 is 1.64. The molecule has 3 rings (SSSR count). The quantitative estimate of drug-likeness (QED) is 0.310. The van der Waals surface area contributed by atoms with Gasteiger partial charge in [-0.2, -0.15) is 0 Å². The molecule has 1 aliphatic rings. The molecule has 2 N–H and O–H groups in total. The Kier molecular flexibility index (Phi) is 10.4. The number of aromatic nitrogens is 1. The number of halogens is 2. The van der Waals surface area contributed by atoms with E-state index in [0.29, 0.717) is 38.6 Å². The first-order valence-corrected chi connectivity index (χ1v) is 11.1. The van der Waals surface area contributed by atoms with Gasteiger partial charge in [0, 0.05) is 62.5 Å². The number of nitrogens with zero attached hydrogens (tertiary/aromatic N) is 4. The van der Waals surface area contributed by atoms with Gasteiger partial charge >= 0.3 is 0 Å². The van der Waals surface area contributed by atoms with E-state index in [4.69, 9.17) is 0 Å². The van der Waals surface area contributed by atoms with Crippen LogP contribution in [0.5, 0.6) is 0 Å². The minimum atomic E-state index is -0.234. The Bertz CT molecular complexity index is 852. The zero-order chi connectivity index (χ0) is 21.3. The summed E-state index contributed by atoms with van der Waals surface area (Å²) in [5, 5.41) is 7.40. The molecule has 0 aliphatic carbocycles. The van der Waals surface area contributed by atoms with Crippen molar-refractivity contribution in [3.63, 3.8) is 0 Å². The van der Waals surface area contributed by atoms with Gasteiger partial charge in [0.2, 0.25) is 5.91 Å². The highest BCUT2D eigenvalue weighted by atomic mass is 127. The van der Waals surface area contributed by atoms with Gasteiger partial charge in [0.25, 0.3) is 0 Å². The summed E-state index contributed by atoms with van der Waals surface area (Å²) in [6.45, 7) is 8.69. The summed E-state index contributed by atoms with van der Waals surface area (Å²) in [7, 11) is 0. The van der Waals surface area contributed by atoms with Crippen molar-refractivity contribution in [2.45, 2.75) is 26.8 Å². The van der Waals surface area contributed by atoms with Gasteiger partial charge in [-0.1, -0.05) is 0 Å². The number of thiazole rings is 1. The van der Waals surface area contributed by atoms with Crippen molar-refractivity contribution in [3.8, 4) is 0 Å². The Morgan fingerprint density at radius 3 is 2.52 bits per heavy atom. The maximum atomic E-state index is 13.1. The minimum absolute atomic E-state index is 0. The van der Waals surface area contributed by atoms with E-state index in [1.807, 2.05) is 24.9 Å². The van der Waals surface area contributed by atoms with Crippen molar-refractivity contribution in [2.24, 2.45) is 4.99 Å². The molecule has 1 fully saturated rings. The lowest BCUT2D eigenvalue weighted by atomic mass is 10.2. The summed E-state index contributed by atoms with van der Waals surface area (Å²) in [4.78, 5) is 26.7. The number of benzene rings is 1. The number of aliphatic imine (C=N–C) groups is 1. The van der Waals surface area contributed by atoms with Crippen LogP contribution in [0, 0.1) is 12.7 Å². The summed E-state index contributed by atoms with van der Waals surface area (Å²) in [6, 6.07) is 6.51. The standard InChI is InChI=1S/C21H29FN6OS.HI/c1-3-23-21(26-15-19-25-14-16(2)30-19)24-9-8-20(29)28-12-10-27(11-13-28)18-6-4-17(22)5-7-18;/h4-7,14H,3,8-13,15H2,1-2H3,(H2,23,24,26);1H. The predicted molar refractivity (Wildman–Crippen MR) is 135 cm³/mol. The molecule has 0 bridgehead atoms. The third-order valence-corrected chi connectivity index (χ3v) is 5.74. The van der Waals surface area contributed by atoms with Gasteiger partial charge in [-0.25, -0.2) is 14.4 Å². The average Bonchev–Trinajstić information content (AvgIpc) is 3.18. The molecule has 0 spiro atoms. The number of hydrogen-bond donors (Lipinski definition) is 2. The number of carbonyl (C=O) groups excluding carboxylic acids is 1. The number of amides is 1. The number of hydrogen-bond acceptors (Lipinski definition) is 5. The maximum absolute atomic E-state index is 13.1. The van der Waals surface area contributed by atoms with Crippen LogP contribution in [-0.2, 0) is 11.3 Å². The Hall–Kier alpha value is -1.95. The molecule has 1 aliphatic heterocycles. The Labute approximate surface area is 204 Å². The molecule has 2 heterocycles. The molecule has 0 saturated carbocycles. The van der Waals surface area contributed by atoms with Crippen LogP contribution < -0.4 is 15.5 Å². The highest BCUT2D eigenvalue weighted by molar-refractivity contribution is 14.0. The summed E-state index contributed by atoms with van der Waals surface area (Å²) in [5.74, 6) is 0.592. The smallest absolute Gasteiger partial charge is 0.224 e. The first-order chi connectivity index (χ1) is 14.5. The zero-order valence-electron chi connectivity index (χ0n) is 17.9. The summed E-state index contributed by atoms with van der Waals surface area (Å²) in [5.41, 5.74) is 0.993. The molecular formula is C21H30FIN6OS. The molecule has 2 aromatic rings. The van der Waals surface area contributed by atoms with E-state index in [-0.39, 0.29) is 35.7 Å². The van der Waals surface area contributed by atoms with Gasteiger partial charge < -0.3 is 20.4 Å². The second-order valence-corrected chi connectivity index (χ2v) is 8.40. The van der Waals surface area contributed by atoms with Crippen molar-refractivity contribution in [3.05, 3.63) is 46.2 Å². The van der Waals surface area contributed by atoms with E-state index in [1.54, 1.807) is 23.5 Å². The van der Waals surface area contributed by atoms with Gasteiger partial charge in [0.1, 0.15) is 10.8 Å². The van der Waals surface area contributed by atoms with E-state index in [1.165, 1.54) is 17.0 Å². The SMILES string of the molecule is CCNC(=NCc1ncc(C)s1)NCCC(=O)N1CCN(c2ccc(F)cc2)CC1.I. The normalized spacial score (nSPS) is 14.2. The molecule has 0 atom stereocenters. The van der Waals surface area contributed by atoms with Gasteiger partial charge in [-0.05, 0) is 38.1 Å². The molecule has 1 aromatic heterocycles. The molecule has 170 valence electrons. The van der Waals surface area contributed by atoms with Crippen LogP contribution >= 0.6 is 35.3 Å². The number of piperazine rings is 1. The third kappa shape index (κ3) is 7.91. The van der Waals surface area contributed by atoms with E-state index < -0.39 is 0 Å². The fourth-order valence-electron chi connectivity index (χ4n) is 3.27. The monoisotopic (exact) mass is 560 g/mol. The lowest BCUT2D eigenvalue weighted by molar-refractivity contribution is -0.131. The van der Waals surface area contributed by atoms with Crippen molar-refractivity contribution >= 4 is 52.9 Å². The summed E-state index contributed by atoms with van der Waals surface area (Å²) in [6.07, 6.45) is 2.27. The van der Waals surface area contributed by atoms with Gasteiger partial charge in [-0.3, -0.25) is 4.79 Å². The lowest BCUT2D eigenvalue weighted by Crippen LogP contribution is -2.49. The van der Waals surface area contributed by atoms with Crippen LogP contribution in [0.15, 0.2) is 35.5 Å². The fraction of sp³-hybridized carbons (Fsp3) is 0.476. The molecule has 0 unspecified atom stereocenters. The molecular weight excluding hydrogens is 530 g/mol. The molecule has 0 radical (unpaired) electrons. The predicted octanol–water partition coefficient (Wildman–Crippen LogP) is 3.00. The second-order valence-electron chi connectivity index (χ2n) is 7.08. The van der Waals surface area contributed by atoms with Gasteiger partial charge in [0.05, 0.1) is 6.54 Å². The lowest BCUT2D eigenvalue weighted by Gasteiger charge is -2.36. The van der Waals surface area contributed by atoms with Crippen LogP contribution in [0.3, 0.4) is 0 Å². The zero-order valence-corrected chi connectivity index (χ0v) is 21.1. The summed E-state index contributed by atoms with van der Waals surface area (Å²) < 4.78 is 13.1. The highest BCUT2D eigenvalue weighted by Crippen LogP contribution is 2.17. The first-order valence-electron chi connectivity index (χ1n) is 10.3. The number of carbonyl (C=O) groups is 1. The van der Waals surface area contributed by atoms with E-state index in [0.717, 1.165) is 30.3 Å². The largest absolute Gasteiger partial charge is 0.368 e. The van der Waals surface area contributed by atoms with Crippen LogP contribution in [0.25, 0.3) is 0 Å². The van der Waals surface area contributed by atoms with Crippen molar-refractivity contribution in [2.75, 3.05) is 44.2 Å². The number of nitrogens with one attached hydrogen (secondary N) is 2. The van der Waals surface area contributed by atoms with Crippen LogP contribution in [0.4, 0.5) is 10.1 Å². The van der Waals surface area contributed by atoms with Crippen molar-refractivity contribution in [1.29, 1.82) is 0 Å². The Morgan fingerprint density at radius 1 is 1.19 bits per heavy atom. The molecule has 7 nitrogen and oxygen atoms in total. The second kappa shape index (κ2) is 12.8. The minimum Gasteiger partial charge on any atom is -0.368 e. The number of anilines is 1. The number of guanidine groups is 1. The topological polar surface area (TPSA) is 72.9 Å². The fourth-order valence-corrected chi connectivity index (χ4v) is 3.99. The first kappa shape index (κ1) is 25.3.